The minimum atomic E-state index is -3.62. The number of hydrogen-bond donors (Lipinski definition) is 0. The van der Waals surface area contributed by atoms with Gasteiger partial charge in [0.05, 0.1) is 12.2 Å². The standard InChI is InChI=1S/C14H10N4O2S/c15-8-12-7-11(5-6-16-12)9-18-10-17-13-3-1-2-4-14(13)21(18,19)20/h1-7,10H,9H2. The summed E-state index contributed by atoms with van der Waals surface area (Å²) in [5, 5.41) is 8.83. The quantitative estimate of drug-likeness (QED) is 0.846. The summed E-state index contributed by atoms with van der Waals surface area (Å²) in [6, 6.07) is 11.7. The molecule has 0 radical (unpaired) electrons. The normalized spacial score (nSPS) is 15.3. The minimum absolute atomic E-state index is 0.108. The number of nitriles is 1. The molecule has 1 aliphatic heterocycles. The van der Waals surface area contributed by atoms with E-state index in [-0.39, 0.29) is 17.1 Å². The third kappa shape index (κ3) is 2.37. The van der Waals surface area contributed by atoms with Crippen molar-refractivity contribution in [1.82, 2.24) is 9.29 Å². The highest BCUT2D eigenvalue weighted by Crippen LogP contribution is 2.30. The Hall–Kier alpha value is -2.72. The first-order valence-corrected chi connectivity index (χ1v) is 7.55. The molecule has 0 N–H and O–H groups in total. The number of pyridine rings is 1. The molecule has 1 aromatic carbocycles. The van der Waals surface area contributed by atoms with Gasteiger partial charge in [-0.3, -0.25) is 4.31 Å². The summed E-state index contributed by atoms with van der Waals surface area (Å²) in [7, 11) is -3.62. The number of hydrogen-bond acceptors (Lipinski definition) is 5. The second kappa shape index (κ2) is 5.00. The Kier molecular flexibility index (Phi) is 3.16. The summed E-state index contributed by atoms with van der Waals surface area (Å²) >= 11 is 0. The number of para-hydroxylation sites is 1. The number of sulfonamides is 1. The third-order valence-corrected chi connectivity index (χ3v) is 4.80. The van der Waals surface area contributed by atoms with Crippen LogP contribution in [0.15, 0.2) is 52.5 Å². The number of rotatable bonds is 2. The lowest BCUT2D eigenvalue weighted by molar-refractivity contribution is 0.521. The van der Waals surface area contributed by atoms with E-state index in [0.29, 0.717) is 11.3 Å². The predicted octanol–water partition coefficient (Wildman–Crippen LogP) is 1.82. The Labute approximate surface area is 122 Å². The predicted molar refractivity (Wildman–Crippen MR) is 76.3 cm³/mol. The smallest absolute Gasteiger partial charge is 0.252 e. The molecule has 0 atom stereocenters. The molecule has 7 heteroatoms. The second-order valence-corrected chi connectivity index (χ2v) is 6.28. The van der Waals surface area contributed by atoms with Gasteiger partial charge in [0.1, 0.15) is 23.0 Å². The Bertz CT molecular complexity index is 869. The summed E-state index contributed by atoms with van der Waals surface area (Å²) in [5.74, 6) is 0. The first-order valence-electron chi connectivity index (χ1n) is 6.11. The fourth-order valence-corrected chi connectivity index (χ4v) is 3.41. The van der Waals surface area contributed by atoms with Gasteiger partial charge in [0.2, 0.25) is 0 Å². The summed E-state index contributed by atoms with van der Waals surface area (Å²) in [6.45, 7) is 0.108. The molecule has 0 unspecified atom stereocenters. The van der Waals surface area contributed by atoms with Crippen LogP contribution in [0.4, 0.5) is 5.69 Å². The lowest BCUT2D eigenvalue weighted by atomic mass is 10.2. The van der Waals surface area contributed by atoms with Crippen molar-refractivity contribution < 1.29 is 8.42 Å². The SMILES string of the molecule is N#Cc1cc(CN2C=Nc3ccccc3S2(=O)=O)ccn1. The van der Waals surface area contributed by atoms with Crippen LogP contribution >= 0.6 is 0 Å². The highest BCUT2D eigenvalue weighted by molar-refractivity contribution is 7.89. The van der Waals surface area contributed by atoms with Crippen LogP contribution in [-0.2, 0) is 16.6 Å². The molecular formula is C14H10N4O2S. The van der Waals surface area contributed by atoms with Crippen molar-refractivity contribution in [1.29, 1.82) is 5.26 Å². The van der Waals surface area contributed by atoms with E-state index in [9.17, 15) is 8.42 Å². The number of aliphatic imine (C=N–C) groups is 1. The Balaban J connectivity index is 1.97. The van der Waals surface area contributed by atoms with Crippen molar-refractivity contribution in [3.63, 3.8) is 0 Å². The van der Waals surface area contributed by atoms with Crippen LogP contribution < -0.4 is 0 Å². The van der Waals surface area contributed by atoms with Gasteiger partial charge >= 0.3 is 0 Å². The molecule has 0 bridgehead atoms. The molecule has 1 aromatic heterocycles. The lowest BCUT2D eigenvalue weighted by Crippen LogP contribution is -2.31. The summed E-state index contributed by atoms with van der Waals surface area (Å²) in [5.41, 5.74) is 1.36. The highest BCUT2D eigenvalue weighted by Gasteiger charge is 2.28. The van der Waals surface area contributed by atoms with Crippen molar-refractivity contribution in [2.24, 2.45) is 4.99 Å². The molecule has 0 aliphatic carbocycles. The van der Waals surface area contributed by atoms with Crippen molar-refractivity contribution >= 4 is 22.0 Å². The topological polar surface area (TPSA) is 86.4 Å². The van der Waals surface area contributed by atoms with Crippen molar-refractivity contribution in [3.8, 4) is 6.07 Å². The fraction of sp³-hybridized carbons (Fsp3) is 0.0714. The van der Waals surface area contributed by atoms with Crippen molar-refractivity contribution in [2.45, 2.75) is 11.4 Å². The van der Waals surface area contributed by atoms with Crippen LogP contribution in [0.25, 0.3) is 0 Å². The highest BCUT2D eigenvalue weighted by atomic mass is 32.2. The molecule has 0 saturated carbocycles. The van der Waals surface area contributed by atoms with E-state index in [1.807, 2.05) is 6.07 Å². The van der Waals surface area contributed by atoms with Crippen LogP contribution in [0.5, 0.6) is 0 Å². The van der Waals surface area contributed by atoms with Gasteiger partial charge in [0.15, 0.2) is 0 Å². The van der Waals surface area contributed by atoms with Gasteiger partial charge in [-0.15, -0.1) is 0 Å². The average Bonchev–Trinajstić information content (AvgIpc) is 2.51. The zero-order valence-corrected chi connectivity index (χ0v) is 11.7. The van der Waals surface area contributed by atoms with Crippen molar-refractivity contribution in [3.05, 3.63) is 53.9 Å². The molecule has 2 aromatic rings. The maximum absolute atomic E-state index is 12.5. The molecule has 1 aliphatic rings. The van der Waals surface area contributed by atoms with Gasteiger partial charge in [-0.05, 0) is 29.8 Å². The number of nitrogens with zero attached hydrogens (tertiary/aromatic N) is 4. The second-order valence-electron chi connectivity index (χ2n) is 4.42. The average molecular weight is 298 g/mol. The zero-order chi connectivity index (χ0) is 14.9. The van der Waals surface area contributed by atoms with Crippen LogP contribution in [0, 0.1) is 11.3 Å². The molecule has 0 saturated heterocycles. The maximum Gasteiger partial charge on any atom is 0.267 e. The van der Waals surface area contributed by atoms with Crippen LogP contribution in [-0.4, -0.2) is 24.0 Å². The Morgan fingerprint density at radius 3 is 2.86 bits per heavy atom. The monoisotopic (exact) mass is 298 g/mol. The molecule has 3 rings (SSSR count). The van der Waals surface area contributed by atoms with E-state index in [4.69, 9.17) is 5.26 Å². The number of benzene rings is 1. The van der Waals surface area contributed by atoms with Crippen LogP contribution in [0.3, 0.4) is 0 Å². The molecule has 0 amide bonds. The van der Waals surface area contributed by atoms with E-state index < -0.39 is 10.0 Å². The minimum Gasteiger partial charge on any atom is -0.252 e. The van der Waals surface area contributed by atoms with Crippen LogP contribution in [0.2, 0.25) is 0 Å². The summed E-state index contributed by atoms with van der Waals surface area (Å²) < 4.78 is 26.2. The number of fused-ring (bicyclic) bond motifs is 1. The molecule has 21 heavy (non-hydrogen) atoms. The largest absolute Gasteiger partial charge is 0.267 e. The summed E-state index contributed by atoms with van der Waals surface area (Å²) in [6.07, 6.45) is 2.78. The molecule has 0 fully saturated rings. The van der Waals surface area contributed by atoms with E-state index in [2.05, 4.69) is 9.98 Å². The van der Waals surface area contributed by atoms with E-state index in [1.54, 1.807) is 30.3 Å². The molecule has 2 heterocycles. The Morgan fingerprint density at radius 2 is 2.05 bits per heavy atom. The van der Waals surface area contributed by atoms with Crippen molar-refractivity contribution in [2.75, 3.05) is 0 Å². The van der Waals surface area contributed by atoms with Gasteiger partial charge in [-0.2, -0.15) is 5.26 Å². The molecule has 104 valence electrons. The van der Waals surface area contributed by atoms with Gasteiger partial charge in [0.25, 0.3) is 10.0 Å². The first kappa shape index (κ1) is 13.3. The maximum atomic E-state index is 12.5. The fourth-order valence-electron chi connectivity index (χ4n) is 2.04. The lowest BCUT2D eigenvalue weighted by Gasteiger charge is -2.23. The van der Waals surface area contributed by atoms with Gasteiger partial charge in [0, 0.05) is 6.20 Å². The third-order valence-electron chi connectivity index (χ3n) is 3.05. The van der Waals surface area contributed by atoms with Gasteiger partial charge in [-0.25, -0.2) is 18.4 Å². The van der Waals surface area contributed by atoms with Gasteiger partial charge in [-0.1, -0.05) is 12.1 Å². The molecular weight excluding hydrogens is 288 g/mol. The first-order chi connectivity index (χ1) is 10.1. The van der Waals surface area contributed by atoms with E-state index in [1.165, 1.54) is 18.6 Å². The van der Waals surface area contributed by atoms with Crippen LogP contribution in [0.1, 0.15) is 11.3 Å². The molecule has 0 spiro atoms. The van der Waals surface area contributed by atoms with E-state index in [0.717, 1.165) is 4.31 Å². The van der Waals surface area contributed by atoms with E-state index >= 15 is 0 Å². The summed E-state index contributed by atoms with van der Waals surface area (Å²) in [4.78, 5) is 8.19. The zero-order valence-electron chi connectivity index (χ0n) is 10.8. The number of aromatic nitrogens is 1. The van der Waals surface area contributed by atoms with Gasteiger partial charge < -0.3 is 0 Å². The Morgan fingerprint density at radius 1 is 1.24 bits per heavy atom. The molecule has 6 nitrogen and oxygen atoms in total.